The lowest BCUT2D eigenvalue weighted by Crippen LogP contribution is -2.34. The third-order valence-corrected chi connectivity index (χ3v) is 4.82. The van der Waals surface area contributed by atoms with Crippen molar-refractivity contribution in [2.24, 2.45) is 16.5 Å². The first-order valence-electron chi connectivity index (χ1n) is 8.87. The maximum Gasteiger partial charge on any atom is 0.199 e. The van der Waals surface area contributed by atoms with Crippen LogP contribution in [0.25, 0.3) is 18.0 Å². The van der Waals surface area contributed by atoms with Gasteiger partial charge in [0, 0.05) is 24.2 Å². The van der Waals surface area contributed by atoms with Crippen LogP contribution in [0.3, 0.4) is 0 Å². The first kappa shape index (κ1) is 18.2. The van der Waals surface area contributed by atoms with Gasteiger partial charge in [0.1, 0.15) is 5.36 Å². The molecule has 0 bridgehead atoms. The lowest BCUT2D eigenvalue weighted by atomic mass is 10.0. The van der Waals surface area contributed by atoms with E-state index in [2.05, 4.69) is 21.9 Å². The topological polar surface area (TPSA) is 105 Å². The van der Waals surface area contributed by atoms with Gasteiger partial charge in [0.25, 0.3) is 0 Å². The van der Waals surface area contributed by atoms with Crippen molar-refractivity contribution < 1.29 is 0 Å². The quantitative estimate of drug-likeness (QED) is 0.512. The van der Waals surface area contributed by atoms with Crippen molar-refractivity contribution in [2.75, 3.05) is 5.32 Å². The molecular formula is C21H20N6S. The highest BCUT2D eigenvalue weighted by molar-refractivity contribution is 7.71. The zero-order valence-corrected chi connectivity index (χ0v) is 16.0. The molecule has 6 N–H and O–H groups in total. The van der Waals surface area contributed by atoms with Gasteiger partial charge in [0.2, 0.25) is 0 Å². The summed E-state index contributed by atoms with van der Waals surface area (Å²) in [5.74, 6) is 0.592. The highest BCUT2D eigenvalue weighted by Gasteiger charge is 2.18. The molecule has 0 amide bonds. The van der Waals surface area contributed by atoms with Crippen LogP contribution in [-0.2, 0) is 13.1 Å². The molecule has 4 rings (SSSR count). The number of nitrogens with two attached hydrogens (primary N) is 2. The number of nitrogens with one attached hydrogen (secondary N) is 2. The molecular weight excluding hydrogens is 368 g/mol. The number of anilines is 1. The smallest absolute Gasteiger partial charge is 0.199 e. The van der Waals surface area contributed by atoms with E-state index in [9.17, 15) is 0 Å². The number of rotatable bonds is 4. The third-order valence-electron chi connectivity index (χ3n) is 4.63. The molecule has 0 atom stereocenters. The largest absolute Gasteiger partial charge is 0.336 e. The van der Waals surface area contributed by atoms with E-state index in [1.54, 1.807) is 0 Å². The highest BCUT2D eigenvalue weighted by atomic mass is 32.1. The van der Waals surface area contributed by atoms with Gasteiger partial charge in [-0.3, -0.25) is 0 Å². The minimum Gasteiger partial charge on any atom is -0.336 e. The molecule has 0 fully saturated rings. The summed E-state index contributed by atoms with van der Waals surface area (Å²) in [6.07, 6.45) is 0. The molecule has 0 spiro atoms. The molecule has 0 aliphatic carbocycles. The highest BCUT2D eigenvalue weighted by Crippen LogP contribution is 2.30. The summed E-state index contributed by atoms with van der Waals surface area (Å²) in [6, 6.07) is 16.1. The molecule has 1 aromatic heterocycles. The normalized spacial score (nSPS) is 12.9. The van der Waals surface area contributed by atoms with Crippen molar-refractivity contribution in [3.05, 3.63) is 86.3 Å². The van der Waals surface area contributed by atoms with Crippen molar-refractivity contribution in [1.82, 2.24) is 9.97 Å². The first-order chi connectivity index (χ1) is 13.6. The summed E-state index contributed by atoms with van der Waals surface area (Å²) < 4.78 is 0.361. The van der Waals surface area contributed by atoms with Crippen LogP contribution in [-0.4, -0.2) is 9.97 Å². The fourth-order valence-corrected chi connectivity index (χ4v) is 3.30. The minimum atomic E-state index is 0.361. The van der Waals surface area contributed by atoms with Crippen LogP contribution in [0.5, 0.6) is 0 Å². The Morgan fingerprint density at radius 2 is 1.46 bits per heavy atom. The molecule has 0 radical (unpaired) electrons. The molecule has 0 unspecified atom stereocenters. The van der Waals surface area contributed by atoms with Crippen molar-refractivity contribution in [2.45, 2.75) is 13.1 Å². The van der Waals surface area contributed by atoms with E-state index < -0.39 is 0 Å². The Morgan fingerprint density at radius 1 is 0.893 bits per heavy atom. The maximum atomic E-state index is 5.73. The van der Waals surface area contributed by atoms with Crippen molar-refractivity contribution in [1.29, 1.82) is 0 Å². The number of nitrogens with zero attached hydrogens (tertiary/aromatic N) is 2. The van der Waals surface area contributed by atoms with Gasteiger partial charge >= 0.3 is 0 Å². The van der Waals surface area contributed by atoms with Gasteiger partial charge < -0.3 is 21.8 Å². The molecule has 1 aliphatic heterocycles. The standard InChI is InChI=1S/C21H20N6S/c1-12-17-20(27-21(28)24-12)26-19(16-8-4-14(11-23)5-9-16)18(25-17)15-6-2-13(10-22)3-7-15/h2-9H,1,10-11,22-23H2,(H2,24,26,27,28). The molecule has 3 aromatic rings. The summed E-state index contributed by atoms with van der Waals surface area (Å²) in [5.41, 5.74) is 17.2. The van der Waals surface area contributed by atoms with Crippen LogP contribution in [0.1, 0.15) is 22.3 Å². The second-order valence-corrected chi connectivity index (χ2v) is 6.87. The van der Waals surface area contributed by atoms with Crippen LogP contribution in [0, 0.1) is 4.77 Å². The summed E-state index contributed by atoms with van der Waals surface area (Å²) in [7, 11) is 0. The van der Waals surface area contributed by atoms with Gasteiger partial charge in [-0.05, 0) is 23.3 Å². The fourth-order valence-electron chi connectivity index (χ4n) is 3.09. The lowest BCUT2D eigenvalue weighted by Gasteiger charge is -2.19. The molecule has 0 saturated heterocycles. The Morgan fingerprint density at radius 3 is 2.04 bits per heavy atom. The average molecular weight is 389 g/mol. The van der Waals surface area contributed by atoms with Gasteiger partial charge in [-0.25, -0.2) is 9.98 Å². The fraction of sp³-hybridized carbons (Fsp3) is 0.0952. The van der Waals surface area contributed by atoms with Crippen LogP contribution >= 0.6 is 12.2 Å². The average Bonchev–Trinajstić information content (AvgIpc) is 2.73. The molecule has 6 nitrogen and oxygen atoms in total. The second-order valence-electron chi connectivity index (χ2n) is 6.48. The summed E-state index contributed by atoms with van der Waals surface area (Å²) in [4.78, 5) is 12.2. The summed E-state index contributed by atoms with van der Waals surface area (Å²) in [6.45, 7) is 5.01. The Bertz CT molecular complexity index is 1220. The molecule has 7 heteroatoms. The van der Waals surface area contributed by atoms with Crippen LogP contribution < -0.4 is 27.5 Å². The van der Waals surface area contributed by atoms with E-state index in [0.717, 1.165) is 33.6 Å². The lowest BCUT2D eigenvalue weighted by molar-refractivity contribution is 1.04. The zero-order valence-electron chi connectivity index (χ0n) is 15.2. The predicted molar refractivity (Wildman–Crippen MR) is 115 cm³/mol. The third kappa shape index (κ3) is 3.38. The number of benzene rings is 2. The van der Waals surface area contributed by atoms with Gasteiger partial charge in [-0.15, -0.1) is 0 Å². The molecule has 1 aliphatic rings. The Labute approximate surface area is 167 Å². The SMILES string of the molecule is C=c1[nH]c(=S)nc2c1=NC(c1ccc(CN)cc1)=C(c1ccc(CN)cc1)N2. The molecule has 2 aromatic carbocycles. The summed E-state index contributed by atoms with van der Waals surface area (Å²) in [5, 5.41) is 4.67. The van der Waals surface area contributed by atoms with E-state index in [-0.39, 0.29) is 0 Å². The molecule has 28 heavy (non-hydrogen) atoms. The van der Waals surface area contributed by atoms with E-state index >= 15 is 0 Å². The minimum absolute atomic E-state index is 0.361. The van der Waals surface area contributed by atoms with E-state index in [0.29, 0.717) is 34.4 Å². The number of H-pyrrole nitrogens is 1. The van der Waals surface area contributed by atoms with Crippen LogP contribution in [0.15, 0.2) is 53.5 Å². The Kier molecular flexibility index (Phi) is 4.87. The number of aromatic amines is 1. The van der Waals surface area contributed by atoms with Crippen LogP contribution in [0.2, 0.25) is 0 Å². The number of fused-ring (bicyclic) bond motifs is 1. The van der Waals surface area contributed by atoms with Crippen molar-refractivity contribution >= 4 is 36.0 Å². The van der Waals surface area contributed by atoms with Crippen LogP contribution in [0.4, 0.5) is 5.82 Å². The zero-order chi connectivity index (χ0) is 19.7. The van der Waals surface area contributed by atoms with E-state index in [4.69, 9.17) is 28.7 Å². The van der Waals surface area contributed by atoms with E-state index in [1.807, 2.05) is 48.5 Å². The van der Waals surface area contributed by atoms with Gasteiger partial charge in [0.05, 0.1) is 16.7 Å². The van der Waals surface area contributed by atoms with Gasteiger partial charge in [-0.1, -0.05) is 55.1 Å². The molecule has 0 saturated carbocycles. The molecule has 140 valence electrons. The Balaban J connectivity index is 1.95. The number of hydrogen-bond acceptors (Lipinski definition) is 6. The second kappa shape index (κ2) is 7.47. The van der Waals surface area contributed by atoms with Crippen molar-refractivity contribution in [3.63, 3.8) is 0 Å². The number of hydrogen-bond donors (Lipinski definition) is 4. The molecule has 2 heterocycles. The first-order valence-corrected chi connectivity index (χ1v) is 9.28. The van der Waals surface area contributed by atoms with E-state index in [1.165, 1.54) is 0 Å². The predicted octanol–water partition coefficient (Wildman–Crippen LogP) is 2.04. The maximum absolute atomic E-state index is 5.73. The summed E-state index contributed by atoms with van der Waals surface area (Å²) >= 11 is 5.19. The van der Waals surface area contributed by atoms with Crippen molar-refractivity contribution in [3.8, 4) is 0 Å². The number of aromatic nitrogens is 2. The van der Waals surface area contributed by atoms with Gasteiger partial charge in [-0.2, -0.15) is 0 Å². The Hall–Kier alpha value is -3.13. The van der Waals surface area contributed by atoms with Gasteiger partial charge in [0.15, 0.2) is 10.6 Å². The monoisotopic (exact) mass is 388 g/mol.